The Hall–Kier alpha value is -2.19. The van der Waals surface area contributed by atoms with Crippen LogP contribution in [-0.4, -0.2) is 41.1 Å². The van der Waals surface area contributed by atoms with Gasteiger partial charge < -0.3 is 14.5 Å². The van der Waals surface area contributed by atoms with Crippen molar-refractivity contribution >= 4 is 30.4 Å². The lowest BCUT2D eigenvalue weighted by atomic mass is 9.79. The third-order valence-corrected chi connectivity index (χ3v) is 3.20. The van der Waals surface area contributed by atoms with Gasteiger partial charge in [0.1, 0.15) is 6.10 Å². The molecule has 1 heterocycles. The molecule has 1 aromatic rings. The van der Waals surface area contributed by atoms with Gasteiger partial charge in [-0.3, -0.25) is 9.59 Å². The topological polar surface area (TPSA) is 93.1 Å². The Labute approximate surface area is 127 Å². The van der Waals surface area contributed by atoms with Crippen molar-refractivity contribution < 1.29 is 28.9 Å². The van der Waals surface area contributed by atoms with Gasteiger partial charge in [0, 0.05) is 12.8 Å². The highest BCUT2D eigenvalue weighted by atomic mass is 16.7. The Morgan fingerprint density at radius 2 is 1.86 bits per heavy atom. The van der Waals surface area contributed by atoms with Crippen LogP contribution in [0.5, 0.6) is 0 Å². The summed E-state index contributed by atoms with van der Waals surface area (Å²) in [4.78, 5) is 39.6. The zero-order chi connectivity index (χ0) is 16.1. The fraction of sp³-hybridized carbons (Fsp3) is 0.357. The van der Waals surface area contributed by atoms with Gasteiger partial charge in [0.2, 0.25) is 0 Å². The number of hydrogen-bond donors (Lipinski definition) is 1. The first-order valence-electron chi connectivity index (χ1n) is 6.99. The molecule has 1 aliphatic heterocycles. The van der Waals surface area contributed by atoms with E-state index in [2.05, 4.69) is 0 Å². The van der Waals surface area contributed by atoms with Crippen molar-refractivity contribution in [2.24, 2.45) is 0 Å². The predicted octanol–water partition coefficient (Wildman–Crippen LogP) is -0.224. The summed E-state index contributed by atoms with van der Waals surface area (Å²) in [5.74, 6) is -2.00. The van der Waals surface area contributed by atoms with Crippen LogP contribution in [0.25, 0.3) is 0 Å². The average Bonchev–Trinajstić information content (AvgIpc) is 2.85. The molecule has 7 nitrogen and oxygen atoms in total. The number of carbonyl (C=O) groups is 3. The Morgan fingerprint density at radius 3 is 2.41 bits per heavy atom. The number of carbonyl (C=O) groups excluding carboxylic acids is 3. The SMILES string of the molecule is CCC(OB(O)c1ccccc1)C(=O)ON1C(=O)CCC1=O. The number of imide groups is 1. The van der Waals surface area contributed by atoms with E-state index in [-0.39, 0.29) is 19.3 Å². The molecule has 8 heteroatoms. The van der Waals surface area contributed by atoms with Crippen LogP contribution in [0.3, 0.4) is 0 Å². The van der Waals surface area contributed by atoms with E-state index in [1.807, 2.05) is 0 Å². The van der Waals surface area contributed by atoms with Crippen molar-refractivity contribution in [1.29, 1.82) is 0 Å². The molecule has 1 N–H and O–H groups in total. The minimum absolute atomic E-state index is 0.0242. The summed E-state index contributed by atoms with van der Waals surface area (Å²) in [6.45, 7) is 1.66. The van der Waals surface area contributed by atoms with Crippen LogP contribution in [0.15, 0.2) is 30.3 Å². The molecule has 1 atom stereocenters. The van der Waals surface area contributed by atoms with E-state index >= 15 is 0 Å². The second kappa shape index (κ2) is 7.19. The number of nitrogens with zero attached hydrogens (tertiary/aromatic N) is 1. The molecular formula is C14H16BNO6. The standard InChI is InChI=1S/C14H16BNO6/c1-2-11(21-15(20)10-6-4-3-5-7-10)14(19)22-16-12(17)8-9-13(16)18/h3-7,11,20H,2,8-9H2,1H3. The van der Waals surface area contributed by atoms with Crippen LogP contribution < -0.4 is 5.46 Å². The quantitative estimate of drug-likeness (QED) is 0.577. The molecule has 0 radical (unpaired) electrons. The third-order valence-electron chi connectivity index (χ3n) is 3.20. The maximum atomic E-state index is 12.0. The summed E-state index contributed by atoms with van der Waals surface area (Å²) < 4.78 is 5.26. The van der Waals surface area contributed by atoms with Crippen LogP contribution in [0.4, 0.5) is 0 Å². The number of amides is 2. The van der Waals surface area contributed by atoms with Crippen molar-refractivity contribution in [3.63, 3.8) is 0 Å². The first-order chi connectivity index (χ1) is 10.5. The van der Waals surface area contributed by atoms with Crippen molar-refractivity contribution in [1.82, 2.24) is 5.06 Å². The van der Waals surface area contributed by atoms with Crippen LogP contribution in [0.1, 0.15) is 26.2 Å². The summed E-state index contributed by atoms with van der Waals surface area (Å²) in [5, 5.41) is 10.4. The number of rotatable bonds is 6. The molecule has 0 aromatic heterocycles. The highest BCUT2D eigenvalue weighted by Crippen LogP contribution is 2.14. The number of hydroxylamine groups is 2. The van der Waals surface area contributed by atoms with Gasteiger partial charge in [0.25, 0.3) is 11.8 Å². The molecule has 0 spiro atoms. The smallest absolute Gasteiger partial charge is 0.423 e. The molecule has 2 amide bonds. The second-order valence-corrected chi connectivity index (χ2v) is 4.79. The summed E-state index contributed by atoms with van der Waals surface area (Å²) in [6.07, 6.45) is -0.817. The molecule has 1 fully saturated rings. The van der Waals surface area contributed by atoms with Gasteiger partial charge in [-0.2, -0.15) is 0 Å². The largest absolute Gasteiger partial charge is 0.491 e. The van der Waals surface area contributed by atoms with E-state index in [0.717, 1.165) is 0 Å². The zero-order valence-electron chi connectivity index (χ0n) is 12.1. The van der Waals surface area contributed by atoms with E-state index < -0.39 is 31.0 Å². The molecule has 1 aromatic carbocycles. The van der Waals surface area contributed by atoms with E-state index in [4.69, 9.17) is 9.49 Å². The Balaban J connectivity index is 1.97. The van der Waals surface area contributed by atoms with Gasteiger partial charge in [0.05, 0.1) is 0 Å². The van der Waals surface area contributed by atoms with Crippen LogP contribution >= 0.6 is 0 Å². The minimum Gasteiger partial charge on any atom is -0.423 e. The van der Waals surface area contributed by atoms with Gasteiger partial charge >= 0.3 is 13.1 Å². The lowest BCUT2D eigenvalue weighted by molar-refractivity contribution is -0.202. The molecule has 0 saturated carbocycles. The number of benzene rings is 1. The Morgan fingerprint density at radius 1 is 1.27 bits per heavy atom. The lowest BCUT2D eigenvalue weighted by Gasteiger charge is -2.20. The molecule has 116 valence electrons. The van der Waals surface area contributed by atoms with Crippen molar-refractivity contribution in [3.8, 4) is 0 Å². The third kappa shape index (κ3) is 3.72. The lowest BCUT2D eigenvalue weighted by Crippen LogP contribution is -2.43. The monoisotopic (exact) mass is 305 g/mol. The van der Waals surface area contributed by atoms with Crippen molar-refractivity contribution in [2.45, 2.75) is 32.3 Å². The van der Waals surface area contributed by atoms with E-state index in [1.54, 1.807) is 37.3 Å². The summed E-state index contributed by atoms with van der Waals surface area (Å²) in [5.41, 5.74) is 0.488. The zero-order valence-corrected chi connectivity index (χ0v) is 12.1. The first-order valence-corrected chi connectivity index (χ1v) is 6.99. The fourth-order valence-electron chi connectivity index (χ4n) is 1.98. The highest BCUT2D eigenvalue weighted by Gasteiger charge is 2.35. The fourth-order valence-corrected chi connectivity index (χ4v) is 1.98. The molecule has 2 rings (SSSR count). The van der Waals surface area contributed by atoms with E-state index in [9.17, 15) is 19.4 Å². The van der Waals surface area contributed by atoms with Gasteiger partial charge in [0.15, 0.2) is 0 Å². The molecule has 0 bridgehead atoms. The summed E-state index contributed by atoms with van der Waals surface area (Å²) in [7, 11) is -1.30. The highest BCUT2D eigenvalue weighted by molar-refractivity contribution is 6.60. The maximum Gasteiger partial charge on any atom is 0.491 e. The normalized spacial score (nSPS) is 15.8. The molecule has 1 unspecified atom stereocenters. The first kappa shape index (κ1) is 16.2. The predicted molar refractivity (Wildman–Crippen MR) is 76.4 cm³/mol. The summed E-state index contributed by atoms with van der Waals surface area (Å²) >= 11 is 0. The second-order valence-electron chi connectivity index (χ2n) is 4.79. The van der Waals surface area contributed by atoms with Gasteiger partial charge in [-0.1, -0.05) is 37.3 Å². The van der Waals surface area contributed by atoms with Gasteiger partial charge in [-0.15, -0.1) is 5.06 Å². The Kier molecular flexibility index (Phi) is 5.29. The maximum absolute atomic E-state index is 12.0. The molecule has 0 aliphatic carbocycles. The average molecular weight is 305 g/mol. The van der Waals surface area contributed by atoms with Crippen LogP contribution in [0.2, 0.25) is 0 Å². The minimum atomic E-state index is -1.30. The molecule has 22 heavy (non-hydrogen) atoms. The molecule has 1 aliphatic rings. The molecule has 1 saturated heterocycles. The van der Waals surface area contributed by atoms with Crippen molar-refractivity contribution in [3.05, 3.63) is 30.3 Å². The van der Waals surface area contributed by atoms with Crippen molar-refractivity contribution in [2.75, 3.05) is 0 Å². The van der Waals surface area contributed by atoms with Crippen LogP contribution in [0, 0.1) is 0 Å². The van der Waals surface area contributed by atoms with Gasteiger partial charge in [-0.25, -0.2) is 4.79 Å². The summed E-state index contributed by atoms with van der Waals surface area (Å²) in [6, 6.07) is 8.53. The number of hydrogen-bond acceptors (Lipinski definition) is 6. The van der Waals surface area contributed by atoms with E-state index in [1.165, 1.54) is 0 Å². The van der Waals surface area contributed by atoms with E-state index in [0.29, 0.717) is 10.5 Å². The molecular weight excluding hydrogens is 289 g/mol. The van der Waals surface area contributed by atoms with Crippen LogP contribution in [-0.2, 0) is 23.9 Å². The Bertz CT molecular complexity index is 548. The van der Waals surface area contributed by atoms with Gasteiger partial charge in [-0.05, 0) is 11.9 Å².